The van der Waals surface area contributed by atoms with Gasteiger partial charge < -0.3 is 19.1 Å². The van der Waals surface area contributed by atoms with Crippen LogP contribution in [0.2, 0.25) is 0 Å². The molecule has 0 radical (unpaired) electrons. The smallest absolute Gasteiger partial charge is 0.306 e. The van der Waals surface area contributed by atoms with Crippen LogP contribution in [0.1, 0.15) is 123 Å². The van der Waals surface area contributed by atoms with E-state index in [-0.39, 0.29) is 12.4 Å². The summed E-state index contributed by atoms with van der Waals surface area (Å²) < 4.78 is 5.98. The Morgan fingerprint density at radius 1 is 0.781 bits per heavy atom. The van der Waals surface area contributed by atoms with Gasteiger partial charge in [0, 0.05) is 18.8 Å². The fraction of sp³-hybridized carbons (Fsp3) is 0.926. The number of carboxylic acids is 1. The summed E-state index contributed by atoms with van der Waals surface area (Å²) >= 11 is 0. The van der Waals surface area contributed by atoms with E-state index in [1.54, 1.807) is 0 Å². The van der Waals surface area contributed by atoms with Crippen LogP contribution in [0.3, 0.4) is 0 Å². The Morgan fingerprint density at radius 3 is 1.69 bits per heavy atom. The monoisotopic (exact) mass is 455 g/mol. The molecule has 0 fully saturated rings. The van der Waals surface area contributed by atoms with Crippen molar-refractivity contribution >= 4 is 11.9 Å². The molecular formula is C27H53NO4. The first kappa shape index (κ1) is 30.9. The van der Waals surface area contributed by atoms with Gasteiger partial charge in [0.15, 0.2) is 6.10 Å². The lowest BCUT2D eigenvalue weighted by Crippen LogP contribution is -2.45. The lowest BCUT2D eigenvalue weighted by Gasteiger charge is -2.29. The van der Waals surface area contributed by atoms with Gasteiger partial charge in [0.05, 0.1) is 21.1 Å². The van der Waals surface area contributed by atoms with Crippen LogP contribution in [0.5, 0.6) is 0 Å². The van der Waals surface area contributed by atoms with E-state index in [9.17, 15) is 14.7 Å². The molecule has 0 bridgehead atoms. The zero-order valence-electron chi connectivity index (χ0n) is 22.0. The summed E-state index contributed by atoms with van der Waals surface area (Å²) in [6, 6.07) is 0. The summed E-state index contributed by atoms with van der Waals surface area (Å²) in [5, 5.41) is 10.9. The van der Waals surface area contributed by atoms with E-state index < -0.39 is 12.1 Å². The second-order valence-electron chi connectivity index (χ2n) is 10.8. The summed E-state index contributed by atoms with van der Waals surface area (Å²) in [4.78, 5) is 23.1. The first-order valence-electron chi connectivity index (χ1n) is 13.3. The number of unbranched alkanes of at least 4 members (excludes halogenated alkanes) is 12. The fourth-order valence-corrected chi connectivity index (χ4v) is 4.20. The van der Waals surface area contributed by atoms with E-state index in [0.717, 1.165) is 12.8 Å². The Kier molecular flexibility index (Phi) is 18.7. The number of aliphatic carboxylic acids is 1. The number of likely N-dealkylation sites (N-methyl/N-ethyl adjacent to an activating group) is 1. The van der Waals surface area contributed by atoms with E-state index in [2.05, 4.69) is 13.8 Å². The molecule has 0 rings (SSSR count). The molecule has 0 amide bonds. The average molecular weight is 456 g/mol. The topological polar surface area (TPSA) is 66.4 Å². The van der Waals surface area contributed by atoms with Crippen LogP contribution in [-0.4, -0.2) is 50.2 Å². The van der Waals surface area contributed by atoms with E-state index in [4.69, 9.17) is 4.74 Å². The highest BCUT2D eigenvalue weighted by Crippen LogP contribution is 2.18. The lowest BCUT2D eigenvalue weighted by atomic mass is 9.97. The van der Waals surface area contributed by atoms with Gasteiger partial charge in [0.1, 0.15) is 6.54 Å². The maximum Gasteiger partial charge on any atom is 0.306 e. The molecule has 2 atom stereocenters. The minimum atomic E-state index is -1.17. The summed E-state index contributed by atoms with van der Waals surface area (Å²) in [6.07, 6.45) is 19.2. The molecule has 0 aromatic heterocycles. The largest absolute Gasteiger partial charge is 0.550 e. The highest BCUT2D eigenvalue weighted by molar-refractivity contribution is 5.70. The Morgan fingerprint density at radius 2 is 1.25 bits per heavy atom. The summed E-state index contributed by atoms with van der Waals surface area (Å²) in [5.74, 6) is -0.970. The van der Waals surface area contributed by atoms with E-state index in [1.165, 1.54) is 83.5 Å². The molecule has 0 saturated carbocycles. The Bertz CT molecular complexity index is 473. The number of nitrogens with zero attached hydrogens (tertiary/aromatic N) is 1. The molecule has 0 aliphatic heterocycles. The van der Waals surface area contributed by atoms with Crippen molar-refractivity contribution in [3.05, 3.63) is 0 Å². The van der Waals surface area contributed by atoms with E-state index >= 15 is 0 Å². The van der Waals surface area contributed by atoms with Gasteiger partial charge in [0.25, 0.3) is 0 Å². The molecule has 190 valence electrons. The predicted octanol–water partition coefficient (Wildman–Crippen LogP) is 5.64. The molecule has 0 aromatic rings. The minimum Gasteiger partial charge on any atom is -0.550 e. The molecule has 0 aromatic carbocycles. The van der Waals surface area contributed by atoms with Gasteiger partial charge in [-0.2, -0.15) is 0 Å². The molecule has 0 aliphatic rings. The molecule has 5 heteroatoms. The minimum absolute atomic E-state index is 0.240. The fourth-order valence-electron chi connectivity index (χ4n) is 4.20. The molecule has 0 heterocycles. The predicted molar refractivity (Wildman–Crippen MR) is 131 cm³/mol. The van der Waals surface area contributed by atoms with Crippen molar-refractivity contribution in [2.75, 3.05) is 27.7 Å². The number of ether oxygens (including phenoxy) is 1. The first-order valence-corrected chi connectivity index (χ1v) is 13.3. The third kappa shape index (κ3) is 22.1. The lowest BCUT2D eigenvalue weighted by molar-refractivity contribution is -0.873. The van der Waals surface area contributed by atoms with Crippen molar-refractivity contribution in [1.82, 2.24) is 0 Å². The first-order chi connectivity index (χ1) is 15.1. The summed E-state index contributed by atoms with van der Waals surface area (Å²) in [5.41, 5.74) is 0. The van der Waals surface area contributed by atoms with Gasteiger partial charge in [-0.05, 0) is 12.3 Å². The van der Waals surface area contributed by atoms with Crippen molar-refractivity contribution in [2.45, 2.75) is 129 Å². The van der Waals surface area contributed by atoms with E-state index in [0.29, 0.717) is 23.4 Å². The normalized spacial score (nSPS) is 13.7. The zero-order chi connectivity index (χ0) is 24.2. The molecular weight excluding hydrogens is 402 g/mol. The van der Waals surface area contributed by atoms with Crippen LogP contribution in [0, 0.1) is 5.92 Å². The molecule has 5 nitrogen and oxygen atoms in total. The second-order valence-corrected chi connectivity index (χ2v) is 10.8. The number of carboxylic acid groups (broad SMARTS) is 1. The number of rotatable bonds is 22. The van der Waals surface area contributed by atoms with Gasteiger partial charge in [0.2, 0.25) is 0 Å². The van der Waals surface area contributed by atoms with Crippen LogP contribution in [0.4, 0.5) is 0 Å². The molecule has 0 aliphatic carbocycles. The van der Waals surface area contributed by atoms with Crippen LogP contribution in [-0.2, 0) is 14.3 Å². The summed E-state index contributed by atoms with van der Waals surface area (Å²) in [6.45, 7) is 4.93. The van der Waals surface area contributed by atoms with E-state index in [1.807, 2.05) is 21.1 Å². The number of hydrogen-bond donors (Lipinski definition) is 0. The third-order valence-corrected chi connectivity index (χ3v) is 6.09. The van der Waals surface area contributed by atoms with Crippen molar-refractivity contribution in [2.24, 2.45) is 5.92 Å². The quantitative estimate of drug-likeness (QED) is 0.120. The Balaban J connectivity index is 3.70. The highest BCUT2D eigenvalue weighted by Gasteiger charge is 2.22. The van der Waals surface area contributed by atoms with Crippen molar-refractivity contribution in [3.63, 3.8) is 0 Å². The van der Waals surface area contributed by atoms with Crippen LogP contribution in [0.25, 0.3) is 0 Å². The Hall–Kier alpha value is -1.10. The molecule has 2 unspecified atom stereocenters. The standard InChI is InChI=1S/C27H53NO4/c1-6-7-8-9-10-11-12-13-14-15-16-17-18-19-24(2)20-21-27(31)32-25(22-26(29)30)23-28(3,4)5/h24-25H,6-23H2,1-5H3. The number of carbonyl (C=O) groups excluding carboxylic acids is 2. The third-order valence-electron chi connectivity index (χ3n) is 6.09. The van der Waals surface area contributed by atoms with Gasteiger partial charge in [-0.1, -0.05) is 104 Å². The van der Waals surface area contributed by atoms with Crippen LogP contribution in [0.15, 0.2) is 0 Å². The van der Waals surface area contributed by atoms with Crippen LogP contribution < -0.4 is 5.11 Å². The summed E-state index contributed by atoms with van der Waals surface area (Å²) in [7, 11) is 5.86. The number of quaternary nitrogens is 1. The van der Waals surface area contributed by atoms with Gasteiger partial charge in [-0.15, -0.1) is 0 Å². The van der Waals surface area contributed by atoms with Gasteiger partial charge in [-0.3, -0.25) is 4.79 Å². The van der Waals surface area contributed by atoms with Crippen molar-refractivity contribution in [1.29, 1.82) is 0 Å². The number of hydrogen-bond acceptors (Lipinski definition) is 4. The molecule has 32 heavy (non-hydrogen) atoms. The molecule has 0 N–H and O–H groups in total. The molecule has 0 saturated heterocycles. The highest BCUT2D eigenvalue weighted by atomic mass is 16.5. The number of carbonyl (C=O) groups is 2. The van der Waals surface area contributed by atoms with Crippen molar-refractivity contribution < 1.29 is 23.9 Å². The maximum atomic E-state index is 12.2. The maximum absolute atomic E-state index is 12.2. The second kappa shape index (κ2) is 19.4. The average Bonchev–Trinajstić information content (AvgIpc) is 2.68. The van der Waals surface area contributed by atoms with Crippen LogP contribution >= 0.6 is 0 Å². The number of esters is 1. The Labute approximate surface area is 198 Å². The van der Waals surface area contributed by atoms with Crippen molar-refractivity contribution in [3.8, 4) is 0 Å². The zero-order valence-corrected chi connectivity index (χ0v) is 22.0. The van der Waals surface area contributed by atoms with Gasteiger partial charge in [-0.25, -0.2) is 0 Å². The molecule has 0 spiro atoms. The SMILES string of the molecule is CCCCCCCCCCCCCCCC(C)CCC(=O)OC(CC(=O)[O-])C[N+](C)(C)C. The van der Waals surface area contributed by atoms with Gasteiger partial charge >= 0.3 is 5.97 Å².